The van der Waals surface area contributed by atoms with Crippen molar-refractivity contribution in [1.82, 2.24) is 0 Å². The van der Waals surface area contributed by atoms with Gasteiger partial charge >= 0.3 is 0 Å². The predicted octanol–water partition coefficient (Wildman–Crippen LogP) is 14.1. The van der Waals surface area contributed by atoms with E-state index in [0.29, 0.717) is 0 Å². The van der Waals surface area contributed by atoms with E-state index < -0.39 is 0 Å². The van der Waals surface area contributed by atoms with Crippen molar-refractivity contribution in [3.63, 3.8) is 0 Å². The molecule has 0 fully saturated rings. The van der Waals surface area contributed by atoms with Crippen molar-refractivity contribution in [2.45, 2.75) is 40.0 Å². The molecule has 0 spiro atoms. The summed E-state index contributed by atoms with van der Waals surface area (Å²) in [5, 5.41) is 7.41. The number of hydrogen-bond acceptors (Lipinski definition) is 2. The van der Waals surface area contributed by atoms with Crippen LogP contribution in [0.1, 0.15) is 41.7 Å². The number of anilines is 3. The van der Waals surface area contributed by atoms with Gasteiger partial charge < -0.3 is 9.64 Å². The highest BCUT2D eigenvalue weighted by molar-refractivity contribution is 6.97. The van der Waals surface area contributed by atoms with E-state index in [1.807, 2.05) is 0 Å². The lowest BCUT2D eigenvalue weighted by Crippen LogP contribution is -2.54. The van der Waals surface area contributed by atoms with Gasteiger partial charge in [-0.15, -0.1) is 0 Å². The lowest BCUT2D eigenvalue weighted by Gasteiger charge is -2.28. The standard InChI is InChI=1S/C60H46BNO/c1-37-31-38(2)59(39(3)32-37)61(40-27-29-46-45-22-14-15-25-53(45)60(4,5)54(46)33-40)55-36-51-49-24-16-26-56-58(49)52(35-50(51)44-21-12-13-23-47(44)55)48-30-28-43(34-57(48)63-56)62(41-17-8-6-9-18-41)42-19-10-7-11-20-42/h6-36H,1-5H3. The SMILES string of the molecule is Cc1cc(C)c(B(c2ccc3c(c2)C(C)(C)c2ccccc2-3)c2cc3c4cccc5c4c(cc3c3ccccc23)-c2ccc(N(c3ccccc3)c3ccccc3)cc2O5)c(C)c1. The molecule has 0 bridgehead atoms. The first-order chi connectivity index (χ1) is 30.7. The summed E-state index contributed by atoms with van der Waals surface area (Å²) >= 11 is 0. The number of benzene rings is 10. The molecule has 10 aromatic carbocycles. The highest BCUT2D eigenvalue weighted by Gasteiger charge is 2.37. The number of hydrogen-bond donors (Lipinski definition) is 0. The number of fused-ring (bicyclic) bond motifs is 9. The van der Waals surface area contributed by atoms with Gasteiger partial charge in [0, 0.05) is 39.5 Å². The van der Waals surface area contributed by atoms with Crippen LogP contribution in [0.2, 0.25) is 0 Å². The van der Waals surface area contributed by atoms with Crippen LogP contribution in [0.4, 0.5) is 17.1 Å². The molecule has 1 aliphatic carbocycles. The van der Waals surface area contributed by atoms with Crippen LogP contribution < -0.4 is 26.0 Å². The van der Waals surface area contributed by atoms with Gasteiger partial charge in [-0.3, -0.25) is 0 Å². The second kappa shape index (κ2) is 14.1. The Morgan fingerprint density at radius 1 is 0.429 bits per heavy atom. The van der Waals surface area contributed by atoms with E-state index in [2.05, 4.69) is 228 Å². The molecule has 63 heavy (non-hydrogen) atoms. The van der Waals surface area contributed by atoms with E-state index in [4.69, 9.17) is 4.74 Å². The number of ether oxygens (including phenoxy) is 1. The minimum Gasteiger partial charge on any atom is -0.456 e. The van der Waals surface area contributed by atoms with E-state index in [0.717, 1.165) is 39.5 Å². The van der Waals surface area contributed by atoms with Crippen molar-refractivity contribution in [3.8, 4) is 33.8 Å². The first-order valence-corrected chi connectivity index (χ1v) is 22.2. The van der Waals surface area contributed by atoms with Gasteiger partial charge in [-0.1, -0.05) is 180 Å². The van der Waals surface area contributed by atoms with Crippen LogP contribution in [-0.2, 0) is 5.41 Å². The van der Waals surface area contributed by atoms with Crippen LogP contribution in [0.25, 0.3) is 54.6 Å². The van der Waals surface area contributed by atoms with Crippen LogP contribution >= 0.6 is 0 Å². The molecule has 0 N–H and O–H groups in total. The lowest BCUT2D eigenvalue weighted by atomic mass is 9.34. The molecule has 0 amide bonds. The zero-order chi connectivity index (χ0) is 42.6. The van der Waals surface area contributed by atoms with Gasteiger partial charge in [0.25, 0.3) is 0 Å². The Bertz CT molecular complexity index is 3430. The minimum absolute atomic E-state index is 0.00287. The van der Waals surface area contributed by atoms with E-state index >= 15 is 0 Å². The molecule has 0 radical (unpaired) electrons. The van der Waals surface area contributed by atoms with Crippen LogP contribution in [0.3, 0.4) is 0 Å². The maximum atomic E-state index is 6.97. The van der Waals surface area contributed by atoms with Gasteiger partial charge in [0.2, 0.25) is 6.71 Å². The first-order valence-electron chi connectivity index (χ1n) is 22.2. The minimum atomic E-state index is -0.107. The monoisotopic (exact) mass is 807 g/mol. The molecule has 0 aromatic heterocycles. The van der Waals surface area contributed by atoms with Crippen LogP contribution in [-0.4, -0.2) is 6.71 Å². The fraction of sp³-hybridized carbons (Fsp3) is 0.100. The van der Waals surface area contributed by atoms with E-state index in [1.165, 1.54) is 87.8 Å². The van der Waals surface area contributed by atoms with Gasteiger partial charge in [-0.05, 0) is 124 Å². The molecule has 0 saturated heterocycles. The number of rotatable bonds is 6. The summed E-state index contributed by atoms with van der Waals surface area (Å²) in [6.07, 6.45) is 0. The van der Waals surface area contributed by atoms with E-state index in [9.17, 15) is 0 Å². The Balaban J connectivity index is 1.09. The molecule has 10 aromatic rings. The quantitative estimate of drug-likeness (QED) is 0.123. The van der Waals surface area contributed by atoms with Crippen LogP contribution in [0.15, 0.2) is 188 Å². The molecule has 0 unspecified atom stereocenters. The summed E-state index contributed by atoms with van der Waals surface area (Å²) in [5.74, 6) is 1.74. The van der Waals surface area contributed by atoms with E-state index in [1.54, 1.807) is 0 Å². The van der Waals surface area contributed by atoms with Crippen LogP contribution in [0.5, 0.6) is 11.5 Å². The largest absolute Gasteiger partial charge is 0.456 e. The third-order valence-electron chi connectivity index (χ3n) is 14.0. The maximum absolute atomic E-state index is 6.97. The lowest BCUT2D eigenvalue weighted by molar-refractivity contribution is 0.487. The molecule has 2 aliphatic rings. The van der Waals surface area contributed by atoms with Crippen molar-refractivity contribution < 1.29 is 4.74 Å². The number of aryl methyl sites for hydroxylation is 3. The topological polar surface area (TPSA) is 12.5 Å². The summed E-state index contributed by atoms with van der Waals surface area (Å²) in [6, 6.07) is 69.5. The highest BCUT2D eigenvalue weighted by atomic mass is 16.5. The number of nitrogens with zero attached hydrogens (tertiary/aromatic N) is 1. The van der Waals surface area contributed by atoms with Crippen molar-refractivity contribution in [3.05, 3.63) is 216 Å². The maximum Gasteiger partial charge on any atom is 0.242 e. The Morgan fingerprint density at radius 3 is 1.79 bits per heavy atom. The predicted molar refractivity (Wildman–Crippen MR) is 268 cm³/mol. The average Bonchev–Trinajstić information content (AvgIpc) is 3.53. The molecule has 300 valence electrons. The average molecular weight is 808 g/mol. The summed E-state index contributed by atoms with van der Waals surface area (Å²) in [4.78, 5) is 2.30. The molecule has 1 aliphatic heterocycles. The van der Waals surface area contributed by atoms with Crippen molar-refractivity contribution in [2.24, 2.45) is 0 Å². The normalized spacial score (nSPS) is 13.1. The molecule has 2 nitrogen and oxygen atoms in total. The smallest absolute Gasteiger partial charge is 0.242 e. The summed E-state index contributed by atoms with van der Waals surface area (Å²) in [5.41, 5.74) is 18.9. The van der Waals surface area contributed by atoms with E-state index in [-0.39, 0.29) is 12.1 Å². The fourth-order valence-electron chi connectivity index (χ4n) is 11.3. The number of para-hydroxylation sites is 2. The molecule has 0 saturated carbocycles. The van der Waals surface area contributed by atoms with Crippen LogP contribution in [0, 0.1) is 20.8 Å². The third kappa shape index (κ3) is 5.73. The molecule has 12 rings (SSSR count). The Hall–Kier alpha value is -7.36. The first kappa shape index (κ1) is 37.4. The van der Waals surface area contributed by atoms with Gasteiger partial charge in [0.05, 0.1) is 0 Å². The molecular formula is C60H46BNO. The van der Waals surface area contributed by atoms with Crippen molar-refractivity contribution in [2.75, 3.05) is 4.90 Å². The Kier molecular flexibility index (Phi) is 8.37. The van der Waals surface area contributed by atoms with Gasteiger partial charge in [-0.25, -0.2) is 0 Å². The second-order valence-electron chi connectivity index (χ2n) is 18.2. The van der Waals surface area contributed by atoms with Crippen molar-refractivity contribution >= 4 is 72.5 Å². The zero-order valence-corrected chi connectivity index (χ0v) is 36.3. The molecular weight excluding hydrogens is 761 g/mol. The fourth-order valence-corrected chi connectivity index (χ4v) is 11.3. The molecule has 0 atom stereocenters. The molecule has 1 heterocycles. The van der Waals surface area contributed by atoms with Gasteiger partial charge in [-0.2, -0.15) is 0 Å². The van der Waals surface area contributed by atoms with Crippen molar-refractivity contribution in [1.29, 1.82) is 0 Å². The van der Waals surface area contributed by atoms with Gasteiger partial charge in [0.15, 0.2) is 0 Å². The summed E-state index contributed by atoms with van der Waals surface area (Å²) < 4.78 is 6.97. The third-order valence-corrected chi connectivity index (χ3v) is 14.0. The summed E-state index contributed by atoms with van der Waals surface area (Å²) in [7, 11) is 0. The summed E-state index contributed by atoms with van der Waals surface area (Å²) in [6.45, 7) is 11.6. The Morgan fingerprint density at radius 2 is 1.05 bits per heavy atom. The van der Waals surface area contributed by atoms with Gasteiger partial charge in [0.1, 0.15) is 11.5 Å². The zero-order valence-electron chi connectivity index (χ0n) is 36.3. The second-order valence-corrected chi connectivity index (χ2v) is 18.2. The Labute approximate surface area is 370 Å². The highest BCUT2D eigenvalue weighted by Crippen LogP contribution is 2.52. The molecule has 3 heteroatoms.